The van der Waals surface area contributed by atoms with Gasteiger partial charge in [-0.2, -0.15) is 0 Å². The largest absolute Gasteiger partial charge is 0.344 e. The Morgan fingerprint density at radius 2 is 2.05 bits per heavy atom. The molecule has 1 aliphatic rings. The maximum atomic E-state index is 13.2. The molecule has 0 aliphatic carbocycles. The lowest BCUT2D eigenvalue weighted by molar-refractivity contribution is -0.137. The molecule has 1 fully saturated rings. The molecule has 0 bridgehead atoms. The summed E-state index contributed by atoms with van der Waals surface area (Å²) in [6, 6.07) is 6.91. The van der Waals surface area contributed by atoms with E-state index in [2.05, 4.69) is 25.4 Å². The number of aromatic nitrogens is 1. The second-order valence-corrected chi connectivity index (χ2v) is 11.5. The van der Waals surface area contributed by atoms with Gasteiger partial charge in [-0.05, 0) is 37.7 Å². The minimum Gasteiger partial charge on any atom is -0.344 e. The van der Waals surface area contributed by atoms with Gasteiger partial charge < -0.3 is 15.6 Å². The Hall–Kier alpha value is -3.20. The monoisotopic (exact) mass is 563 g/mol. The zero-order valence-electron chi connectivity index (χ0n) is 20.9. The van der Waals surface area contributed by atoms with E-state index in [1.807, 2.05) is 0 Å². The summed E-state index contributed by atoms with van der Waals surface area (Å²) in [6.45, 7) is 0.429. The van der Waals surface area contributed by atoms with Crippen LogP contribution in [-0.2, 0) is 25.4 Å². The summed E-state index contributed by atoms with van der Waals surface area (Å²) in [7, 11) is -3.78. The predicted molar refractivity (Wildman–Crippen MR) is 145 cm³/mol. The van der Waals surface area contributed by atoms with Crippen LogP contribution in [-0.4, -0.2) is 74.0 Å². The van der Waals surface area contributed by atoms with E-state index in [9.17, 15) is 22.8 Å². The number of carbonyl (C=O) groups is 3. The number of likely N-dealkylation sites (tertiary alicyclic amines) is 1. The number of thiazole rings is 1. The summed E-state index contributed by atoms with van der Waals surface area (Å²) in [5.41, 5.74) is 2.91. The van der Waals surface area contributed by atoms with Crippen LogP contribution in [0.4, 0.5) is 0 Å². The number of carbonyl (C=O) groups excluding carboxylic acids is 3. The molecular weight excluding hydrogens is 530 g/mol. The van der Waals surface area contributed by atoms with E-state index in [4.69, 9.17) is 5.84 Å². The van der Waals surface area contributed by atoms with E-state index in [-0.39, 0.29) is 23.1 Å². The predicted octanol–water partition coefficient (Wildman–Crippen LogP) is 0.583. The Labute approximate surface area is 226 Å². The topological polar surface area (TPSA) is 176 Å². The highest BCUT2D eigenvalue weighted by Gasteiger charge is 2.32. The van der Waals surface area contributed by atoms with Crippen molar-refractivity contribution in [1.82, 2.24) is 25.3 Å². The molecule has 1 aliphatic heterocycles. The Morgan fingerprint density at radius 3 is 2.76 bits per heavy atom. The van der Waals surface area contributed by atoms with Crippen LogP contribution in [0.1, 0.15) is 47.5 Å². The molecule has 2 atom stereocenters. The first-order valence-corrected chi connectivity index (χ1v) is 14.8. The second-order valence-electron chi connectivity index (χ2n) is 8.84. The van der Waals surface area contributed by atoms with Gasteiger partial charge in [-0.15, -0.1) is 11.3 Å². The van der Waals surface area contributed by atoms with Crippen LogP contribution in [0, 0.1) is 0 Å². The SMILES string of the molecule is NNC=NCCC[C@H](NC(=O)CN1CCCC[C@H](NS(=O)(=O)Cc2ccccc2)C1=O)C(=O)c1nccs1. The van der Waals surface area contributed by atoms with Gasteiger partial charge in [-0.1, -0.05) is 30.3 Å². The third kappa shape index (κ3) is 9.28. The van der Waals surface area contributed by atoms with Gasteiger partial charge in [0.25, 0.3) is 0 Å². The number of ketones is 1. The van der Waals surface area contributed by atoms with Crippen LogP contribution in [0.2, 0.25) is 0 Å². The number of hydrazine groups is 1. The van der Waals surface area contributed by atoms with Gasteiger partial charge in [0.05, 0.1) is 24.7 Å². The molecule has 3 rings (SSSR count). The zero-order valence-corrected chi connectivity index (χ0v) is 22.5. The van der Waals surface area contributed by atoms with E-state index >= 15 is 0 Å². The fourth-order valence-electron chi connectivity index (χ4n) is 4.10. The van der Waals surface area contributed by atoms with Crippen LogP contribution >= 0.6 is 11.3 Å². The van der Waals surface area contributed by atoms with Crippen LogP contribution in [0.15, 0.2) is 46.9 Å². The highest BCUT2D eigenvalue weighted by atomic mass is 32.2. The first kappa shape index (κ1) is 29.4. The number of hydrogen-bond donors (Lipinski definition) is 4. The van der Waals surface area contributed by atoms with Gasteiger partial charge >= 0.3 is 0 Å². The Morgan fingerprint density at radius 1 is 1.26 bits per heavy atom. The van der Waals surface area contributed by atoms with Gasteiger partial charge in [-0.25, -0.2) is 24.0 Å². The number of nitrogens with two attached hydrogens (primary N) is 1. The summed E-state index contributed by atoms with van der Waals surface area (Å²) in [5, 5.41) is 4.69. The summed E-state index contributed by atoms with van der Waals surface area (Å²) in [5.74, 6) is 3.62. The van der Waals surface area contributed by atoms with Gasteiger partial charge in [-0.3, -0.25) is 19.4 Å². The molecule has 12 nitrogen and oxygen atoms in total. The number of benzene rings is 1. The van der Waals surface area contributed by atoms with Crippen molar-refractivity contribution in [3.8, 4) is 0 Å². The summed E-state index contributed by atoms with van der Waals surface area (Å²) in [6.07, 6.45) is 5.29. The minimum atomic E-state index is -3.78. The Kier molecular flexibility index (Phi) is 11.3. The fourth-order valence-corrected chi connectivity index (χ4v) is 6.10. The van der Waals surface area contributed by atoms with Crippen LogP contribution in [0.3, 0.4) is 0 Å². The molecule has 14 heteroatoms. The maximum absolute atomic E-state index is 13.2. The molecule has 5 N–H and O–H groups in total. The number of amides is 2. The van der Waals surface area contributed by atoms with Crippen molar-refractivity contribution >= 4 is 45.3 Å². The van der Waals surface area contributed by atoms with Crippen LogP contribution < -0.4 is 21.3 Å². The normalized spacial score (nSPS) is 17.2. The van der Waals surface area contributed by atoms with Gasteiger partial charge in [0.1, 0.15) is 6.04 Å². The molecule has 206 valence electrons. The van der Waals surface area contributed by atoms with Gasteiger partial charge in [0.2, 0.25) is 27.6 Å². The van der Waals surface area contributed by atoms with E-state index in [0.29, 0.717) is 50.8 Å². The van der Waals surface area contributed by atoms with E-state index in [1.54, 1.807) is 35.7 Å². The average molecular weight is 564 g/mol. The number of rotatable bonds is 14. The number of Topliss-reactive ketones (excluding diaryl/α,β-unsaturated/α-hetero) is 1. The van der Waals surface area contributed by atoms with Crippen LogP contribution in [0.5, 0.6) is 0 Å². The molecule has 2 amide bonds. The summed E-state index contributed by atoms with van der Waals surface area (Å²) < 4.78 is 28.0. The first-order chi connectivity index (χ1) is 18.3. The first-order valence-electron chi connectivity index (χ1n) is 12.3. The van der Waals surface area contributed by atoms with Crippen molar-refractivity contribution in [2.75, 3.05) is 19.6 Å². The lowest BCUT2D eigenvalue weighted by atomic mass is 10.1. The Bertz CT molecular complexity index is 1190. The molecule has 1 saturated heterocycles. The van der Waals surface area contributed by atoms with Crippen LogP contribution in [0.25, 0.3) is 0 Å². The van der Waals surface area contributed by atoms with E-state index in [0.717, 1.165) is 0 Å². The molecular formula is C24H33N7O5S2. The minimum absolute atomic E-state index is 0.246. The molecule has 0 spiro atoms. The lowest BCUT2D eigenvalue weighted by Gasteiger charge is -2.25. The lowest BCUT2D eigenvalue weighted by Crippen LogP contribution is -2.51. The third-order valence-corrected chi connectivity index (χ3v) is 8.02. The van der Waals surface area contributed by atoms with Crippen molar-refractivity contribution in [2.24, 2.45) is 10.8 Å². The van der Waals surface area contributed by atoms with Gasteiger partial charge in [0.15, 0.2) is 5.01 Å². The van der Waals surface area contributed by atoms with E-state index in [1.165, 1.54) is 28.8 Å². The number of hydrogen-bond acceptors (Lipinski definition) is 9. The van der Waals surface area contributed by atoms with Crippen molar-refractivity contribution in [3.63, 3.8) is 0 Å². The Balaban J connectivity index is 1.62. The molecule has 0 unspecified atom stereocenters. The number of aliphatic imine (C=N–C) groups is 1. The van der Waals surface area contributed by atoms with Crippen molar-refractivity contribution < 1.29 is 22.8 Å². The zero-order chi connectivity index (χ0) is 27.4. The molecule has 2 aromatic rings. The third-order valence-electron chi connectivity index (χ3n) is 5.88. The van der Waals surface area contributed by atoms with Crippen molar-refractivity contribution in [1.29, 1.82) is 0 Å². The van der Waals surface area contributed by atoms with Crippen molar-refractivity contribution in [3.05, 3.63) is 52.5 Å². The molecule has 2 heterocycles. The number of sulfonamides is 1. The standard InChI is InChI=1S/C24H33N7O5S2/c25-28-17-26-11-6-10-19(22(33)23-27-12-14-37-23)29-21(32)15-31-13-5-4-9-20(24(31)34)30-38(35,36)16-18-7-2-1-3-8-18/h1-3,7-8,12,14,17,19-20,30H,4-6,9-11,13,15-16,25H2,(H,26,28)(H,29,32)/t19-,20-/m0/s1. The number of nitrogens with zero attached hydrogens (tertiary/aromatic N) is 3. The smallest absolute Gasteiger partial charge is 0.241 e. The van der Waals surface area contributed by atoms with E-state index < -0.39 is 33.9 Å². The average Bonchev–Trinajstić information content (AvgIpc) is 3.38. The van der Waals surface area contributed by atoms with Gasteiger partial charge in [0, 0.05) is 24.7 Å². The highest BCUT2D eigenvalue weighted by molar-refractivity contribution is 7.88. The highest BCUT2D eigenvalue weighted by Crippen LogP contribution is 2.15. The summed E-state index contributed by atoms with van der Waals surface area (Å²) in [4.78, 5) is 48.5. The molecule has 1 aromatic heterocycles. The quantitative estimate of drug-likeness (QED) is 0.0644. The number of nitrogens with one attached hydrogen (secondary N) is 3. The summed E-state index contributed by atoms with van der Waals surface area (Å²) >= 11 is 1.18. The fraction of sp³-hybridized carbons (Fsp3) is 0.458. The molecule has 1 aromatic carbocycles. The second kappa shape index (κ2) is 14.7. The molecule has 0 radical (unpaired) electrons. The molecule has 38 heavy (non-hydrogen) atoms. The maximum Gasteiger partial charge on any atom is 0.241 e. The van der Waals surface area contributed by atoms with Crippen molar-refractivity contribution in [2.45, 2.75) is 49.9 Å². The molecule has 0 saturated carbocycles.